The van der Waals surface area contributed by atoms with Gasteiger partial charge in [0.05, 0.1) is 5.82 Å². The quantitative estimate of drug-likeness (QED) is 0.350. The van der Waals surface area contributed by atoms with Crippen LogP contribution in [0.5, 0.6) is 0 Å². The number of aryl methyl sites for hydroxylation is 2. The van der Waals surface area contributed by atoms with Gasteiger partial charge in [0, 0.05) is 32.2 Å². The van der Waals surface area contributed by atoms with Gasteiger partial charge in [0.2, 0.25) is 0 Å². The maximum Gasteiger partial charge on any atom is 0.132 e. The first-order valence-electron chi connectivity index (χ1n) is 8.76. The van der Waals surface area contributed by atoms with Gasteiger partial charge in [-0.2, -0.15) is 5.10 Å². The van der Waals surface area contributed by atoms with E-state index in [1.54, 1.807) is 0 Å². The van der Waals surface area contributed by atoms with Crippen LogP contribution in [0.15, 0.2) is 72.8 Å². The van der Waals surface area contributed by atoms with E-state index in [1.807, 2.05) is 42.5 Å². The maximum atomic E-state index is 4.54. The molecule has 0 unspecified atom stereocenters. The third-order valence-corrected chi connectivity index (χ3v) is 4.67. The van der Waals surface area contributed by atoms with Gasteiger partial charge in [-0.25, -0.2) is 0 Å². The zero-order valence-corrected chi connectivity index (χ0v) is 17.7. The molecule has 0 amide bonds. The van der Waals surface area contributed by atoms with Gasteiger partial charge in [-0.3, -0.25) is 0 Å². The van der Waals surface area contributed by atoms with Crippen molar-refractivity contribution in [2.45, 2.75) is 20.3 Å². The van der Waals surface area contributed by atoms with Crippen molar-refractivity contribution in [2.24, 2.45) is 0 Å². The number of para-hydroxylation sites is 1. The fourth-order valence-corrected chi connectivity index (χ4v) is 3.27. The second kappa shape index (κ2) is 8.43. The minimum atomic E-state index is 0. The Morgan fingerprint density at radius 3 is 2.19 bits per heavy atom. The van der Waals surface area contributed by atoms with Gasteiger partial charge in [0.25, 0.3) is 0 Å². The molecule has 27 heavy (non-hydrogen) atoms. The van der Waals surface area contributed by atoms with E-state index in [-0.39, 0.29) is 20.1 Å². The molecular weight excluding hydrogens is 510 g/mol. The number of nitrogens with zero attached hydrogens (tertiary/aromatic N) is 3. The SMILES string of the molecule is Cc1cccc(C)c1Cc1nnc(-c2[c-]cccc2)n1-c1ccccc1.[Ir]. The summed E-state index contributed by atoms with van der Waals surface area (Å²) in [5.41, 5.74) is 5.86. The molecule has 3 nitrogen and oxygen atoms in total. The predicted molar refractivity (Wildman–Crippen MR) is 104 cm³/mol. The van der Waals surface area contributed by atoms with Crippen LogP contribution in [-0.2, 0) is 26.5 Å². The second-order valence-electron chi connectivity index (χ2n) is 6.43. The molecule has 137 valence electrons. The van der Waals surface area contributed by atoms with Crippen LogP contribution in [0, 0.1) is 19.9 Å². The van der Waals surface area contributed by atoms with E-state index in [4.69, 9.17) is 0 Å². The van der Waals surface area contributed by atoms with E-state index < -0.39 is 0 Å². The molecule has 0 spiro atoms. The smallest absolute Gasteiger partial charge is 0.132 e. The van der Waals surface area contributed by atoms with Crippen LogP contribution in [0.4, 0.5) is 0 Å². The third kappa shape index (κ3) is 3.92. The number of rotatable bonds is 4. The van der Waals surface area contributed by atoms with Crippen LogP contribution in [0.3, 0.4) is 0 Å². The van der Waals surface area contributed by atoms with Gasteiger partial charge in [-0.1, -0.05) is 36.4 Å². The number of hydrogen-bond acceptors (Lipinski definition) is 2. The molecule has 0 fully saturated rings. The molecule has 0 saturated carbocycles. The summed E-state index contributed by atoms with van der Waals surface area (Å²) < 4.78 is 2.14. The van der Waals surface area contributed by atoms with Crippen molar-refractivity contribution in [3.8, 4) is 17.1 Å². The minimum absolute atomic E-state index is 0. The average molecular weight is 531 g/mol. The summed E-state index contributed by atoms with van der Waals surface area (Å²) in [6.45, 7) is 4.30. The van der Waals surface area contributed by atoms with Crippen molar-refractivity contribution in [3.05, 3.63) is 101 Å². The Balaban J connectivity index is 0.00000210. The summed E-state index contributed by atoms with van der Waals surface area (Å²) in [7, 11) is 0. The molecule has 0 bridgehead atoms. The van der Waals surface area contributed by atoms with Crippen LogP contribution in [0.1, 0.15) is 22.5 Å². The molecule has 1 radical (unpaired) electrons. The van der Waals surface area contributed by atoms with E-state index in [2.05, 4.69) is 65.0 Å². The van der Waals surface area contributed by atoms with Crippen LogP contribution < -0.4 is 0 Å². The molecule has 3 aromatic carbocycles. The van der Waals surface area contributed by atoms with Gasteiger partial charge >= 0.3 is 0 Å². The van der Waals surface area contributed by atoms with Gasteiger partial charge in [0.15, 0.2) is 0 Å². The third-order valence-electron chi connectivity index (χ3n) is 4.67. The predicted octanol–water partition coefficient (Wildman–Crippen LogP) is 4.94. The summed E-state index contributed by atoms with van der Waals surface area (Å²) in [5.74, 6) is 1.75. The molecule has 0 saturated heterocycles. The number of aromatic nitrogens is 3. The molecule has 4 aromatic rings. The fraction of sp³-hybridized carbons (Fsp3) is 0.130. The van der Waals surface area contributed by atoms with Gasteiger partial charge in [-0.15, -0.1) is 41.0 Å². The van der Waals surface area contributed by atoms with Crippen molar-refractivity contribution in [1.29, 1.82) is 0 Å². The molecule has 0 aliphatic heterocycles. The molecule has 1 aromatic heterocycles. The second-order valence-corrected chi connectivity index (χ2v) is 6.43. The van der Waals surface area contributed by atoms with Crippen molar-refractivity contribution < 1.29 is 20.1 Å². The van der Waals surface area contributed by atoms with Crippen molar-refractivity contribution in [2.75, 3.05) is 0 Å². The van der Waals surface area contributed by atoms with Crippen LogP contribution in [0.25, 0.3) is 17.1 Å². The van der Waals surface area contributed by atoms with Gasteiger partial charge < -0.3 is 4.57 Å². The average Bonchev–Trinajstić information content (AvgIpc) is 3.10. The van der Waals surface area contributed by atoms with Gasteiger partial charge in [-0.05, 0) is 42.7 Å². The molecular formula is C23H20IrN3-. The first-order chi connectivity index (χ1) is 12.7. The van der Waals surface area contributed by atoms with Crippen molar-refractivity contribution >= 4 is 0 Å². The van der Waals surface area contributed by atoms with E-state index in [9.17, 15) is 0 Å². The zero-order chi connectivity index (χ0) is 17.9. The Hall–Kier alpha value is -2.55. The van der Waals surface area contributed by atoms with E-state index in [0.717, 1.165) is 29.3 Å². The van der Waals surface area contributed by atoms with E-state index >= 15 is 0 Å². The summed E-state index contributed by atoms with van der Waals surface area (Å²) in [5, 5.41) is 9.04. The van der Waals surface area contributed by atoms with Crippen molar-refractivity contribution in [1.82, 2.24) is 14.8 Å². The van der Waals surface area contributed by atoms with Crippen LogP contribution in [0.2, 0.25) is 0 Å². The first kappa shape index (κ1) is 19.2. The Bertz CT molecular complexity index is 1000. The topological polar surface area (TPSA) is 30.7 Å². The Labute approximate surface area is 173 Å². The molecule has 0 N–H and O–H groups in total. The first-order valence-corrected chi connectivity index (χ1v) is 8.76. The number of hydrogen-bond donors (Lipinski definition) is 0. The minimum Gasteiger partial charge on any atom is -0.320 e. The summed E-state index contributed by atoms with van der Waals surface area (Å²) in [6, 6.07) is 27.8. The van der Waals surface area contributed by atoms with Crippen LogP contribution in [-0.4, -0.2) is 14.8 Å². The fourth-order valence-electron chi connectivity index (χ4n) is 3.27. The Morgan fingerprint density at radius 1 is 0.815 bits per heavy atom. The van der Waals surface area contributed by atoms with Gasteiger partial charge in [0.1, 0.15) is 5.82 Å². The Morgan fingerprint density at radius 2 is 1.52 bits per heavy atom. The van der Waals surface area contributed by atoms with Crippen molar-refractivity contribution in [3.63, 3.8) is 0 Å². The van der Waals surface area contributed by atoms with Crippen LogP contribution >= 0.6 is 0 Å². The summed E-state index contributed by atoms with van der Waals surface area (Å²) in [6.07, 6.45) is 0.743. The standard InChI is InChI=1S/C23H20N3.Ir/c1-17-10-9-11-18(2)21(17)16-22-24-25-23(19-12-5-3-6-13-19)26(22)20-14-7-4-8-15-20;/h3-12,14-15H,16H2,1-2H3;/q-1;. The maximum absolute atomic E-state index is 4.54. The summed E-state index contributed by atoms with van der Waals surface area (Å²) in [4.78, 5) is 0. The molecule has 0 aliphatic rings. The summed E-state index contributed by atoms with van der Waals surface area (Å²) >= 11 is 0. The largest absolute Gasteiger partial charge is 0.320 e. The molecule has 4 rings (SSSR count). The molecule has 4 heteroatoms. The molecule has 0 atom stereocenters. The zero-order valence-electron chi connectivity index (χ0n) is 15.3. The normalized spacial score (nSPS) is 10.4. The van der Waals surface area contributed by atoms with E-state index in [0.29, 0.717) is 0 Å². The molecule has 1 heterocycles. The molecule has 0 aliphatic carbocycles. The number of benzene rings is 3. The van der Waals surface area contributed by atoms with E-state index in [1.165, 1.54) is 16.7 Å². The Kier molecular flexibility index (Phi) is 6.00. The monoisotopic (exact) mass is 531 g/mol.